The van der Waals surface area contributed by atoms with E-state index in [9.17, 15) is 0 Å². The predicted molar refractivity (Wildman–Crippen MR) is 90.3 cm³/mol. The number of aryl methyl sites for hydroxylation is 1. The lowest BCUT2D eigenvalue weighted by Gasteiger charge is -2.21. The minimum Gasteiger partial charge on any atom is -0.453 e. The second kappa shape index (κ2) is 4.04. The zero-order chi connectivity index (χ0) is 14.7. The fourth-order valence-corrected chi connectivity index (χ4v) is 3.27. The monoisotopic (exact) mass is 286 g/mol. The Balaban J connectivity index is 1.80. The van der Waals surface area contributed by atoms with Gasteiger partial charge in [0.2, 0.25) is 0 Å². The first-order valence-corrected chi connectivity index (χ1v) is 7.38. The van der Waals surface area contributed by atoms with Crippen LogP contribution in [0, 0.1) is 6.92 Å². The topological polar surface area (TPSA) is 37.0 Å². The van der Waals surface area contributed by atoms with E-state index in [0.717, 1.165) is 33.9 Å². The first-order chi connectivity index (χ1) is 10.8. The van der Waals surface area contributed by atoms with Crippen LogP contribution in [0.3, 0.4) is 0 Å². The van der Waals surface area contributed by atoms with Crippen LogP contribution in [0.15, 0.2) is 54.6 Å². The van der Waals surface area contributed by atoms with Crippen LogP contribution in [0.2, 0.25) is 0 Å². The molecule has 0 saturated carbocycles. The molecule has 0 fully saturated rings. The van der Waals surface area contributed by atoms with Gasteiger partial charge in [-0.1, -0.05) is 24.3 Å². The van der Waals surface area contributed by atoms with Crippen LogP contribution < -0.4 is 10.1 Å². The number of fused-ring (bicyclic) bond motifs is 5. The fraction of sp³-hybridized carbons (Fsp3) is 0.0526. The zero-order valence-electron chi connectivity index (χ0n) is 12.1. The highest BCUT2D eigenvalue weighted by molar-refractivity contribution is 6.10. The normalized spacial score (nSPS) is 12.6. The molecular weight excluding hydrogens is 272 g/mol. The lowest BCUT2D eigenvalue weighted by atomic mass is 10.1. The van der Waals surface area contributed by atoms with E-state index in [2.05, 4.69) is 47.6 Å². The molecule has 2 heterocycles. The molecular formula is C19H14N2O. The average Bonchev–Trinajstić information content (AvgIpc) is 2.89. The molecule has 0 aliphatic carbocycles. The largest absolute Gasteiger partial charge is 0.453 e. The van der Waals surface area contributed by atoms with E-state index < -0.39 is 0 Å². The minimum atomic E-state index is 0.867. The van der Waals surface area contributed by atoms with Crippen molar-refractivity contribution in [2.45, 2.75) is 6.92 Å². The van der Waals surface area contributed by atoms with Gasteiger partial charge in [-0.2, -0.15) is 0 Å². The number of hydrogen-bond donors (Lipinski definition) is 2. The molecule has 3 aromatic carbocycles. The van der Waals surface area contributed by atoms with E-state index in [1.165, 1.54) is 16.3 Å². The number of aromatic amines is 1. The molecule has 0 atom stereocenters. The van der Waals surface area contributed by atoms with Crippen molar-refractivity contribution >= 4 is 33.2 Å². The number of anilines is 2. The van der Waals surface area contributed by atoms with Gasteiger partial charge in [-0.05, 0) is 42.8 Å². The number of ether oxygens (including phenoxy) is 1. The third-order valence-electron chi connectivity index (χ3n) is 4.31. The number of benzene rings is 3. The molecule has 5 rings (SSSR count). The molecule has 0 saturated heterocycles. The summed E-state index contributed by atoms with van der Waals surface area (Å²) in [6.07, 6.45) is 0. The second-order valence-corrected chi connectivity index (χ2v) is 5.74. The fourth-order valence-electron chi connectivity index (χ4n) is 3.27. The molecule has 1 aromatic heterocycles. The van der Waals surface area contributed by atoms with Crippen molar-refractivity contribution in [3.05, 3.63) is 60.2 Å². The van der Waals surface area contributed by atoms with E-state index in [-0.39, 0.29) is 0 Å². The van der Waals surface area contributed by atoms with Crippen molar-refractivity contribution in [1.29, 1.82) is 0 Å². The Morgan fingerprint density at radius 1 is 0.818 bits per heavy atom. The van der Waals surface area contributed by atoms with Crippen LogP contribution in [-0.2, 0) is 0 Å². The van der Waals surface area contributed by atoms with Gasteiger partial charge in [0.25, 0.3) is 0 Å². The van der Waals surface area contributed by atoms with Crippen LogP contribution in [0.4, 0.5) is 11.4 Å². The highest BCUT2D eigenvalue weighted by Gasteiger charge is 2.18. The van der Waals surface area contributed by atoms with Gasteiger partial charge in [0, 0.05) is 21.8 Å². The van der Waals surface area contributed by atoms with Crippen LogP contribution in [-0.4, -0.2) is 4.98 Å². The van der Waals surface area contributed by atoms with Crippen LogP contribution in [0.25, 0.3) is 21.8 Å². The predicted octanol–water partition coefficient (Wildman–Crippen LogP) is 5.48. The van der Waals surface area contributed by atoms with Crippen molar-refractivity contribution in [3.63, 3.8) is 0 Å². The number of nitrogens with one attached hydrogen (secondary N) is 2. The summed E-state index contributed by atoms with van der Waals surface area (Å²) < 4.78 is 6.07. The molecule has 0 radical (unpaired) electrons. The Hall–Kier alpha value is -2.94. The average molecular weight is 286 g/mol. The van der Waals surface area contributed by atoms with Gasteiger partial charge < -0.3 is 15.0 Å². The Labute approximate surface area is 127 Å². The van der Waals surface area contributed by atoms with Gasteiger partial charge >= 0.3 is 0 Å². The smallest absolute Gasteiger partial charge is 0.151 e. The Morgan fingerprint density at radius 2 is 1.73 bits per heavy atom. The van der Waals surface area contributed by atoms with Crippen molar-refractivity contribution in [2.24, 2.45) is 0 Å². The van der Waals surface area contributed by atoms with Gasteiger partial charge in [0.15, 0.2) is 11.5 Å². The summed E-state index contributed by atoms with van der Waals surface area (Å²) in [4.78, 5) is 3.50. The molecule has 0 unspecified atom stereocenters. The molecule has 3 heteroatoms. The molecule has 0 amide bonds. The molecule has 0 spiro atoms. The van der Waals surface area contributed by atoms with Gasteiger partial charge in [0.1, 0.15) is 0 Å². The van der Waals surface area contributed by atoms with E-state index in [1.807, 2.05) is 24.3 Å². The quantitative estimate of drug-likeness (QED) is 0.395. The third-order valence-corrected chi connectivity index (χ3v) is 4.31. The summed E-state index contributed by atoms with van der Waals surface area (Å²) in [5.41, 5.74) is 5.55. The Morgan fingerprint density at radius 3 is 2.68 bits per heavy atom. The highest BCUT2D eigenvalue weighted by atomic mass is 16.5. The highest BCUT2D eigenvalue weighted by Crippen LogP contribution is 2.44. The lowest BCUT2D eigenvalue weighted by Crippen LogP contribution is -2.02. The molecule has 4 aromatic rings. The maximum atomic E-state index is 6.07. The summed E-state index contributed by atoms with van der Waals surface area (Å²) >= 11 is 0. The number of aromatic nitrogens is 1. The first-order valence-electron chi connectivity index (χ1n) is 7.38. The van der Waals surface area contributed by atoms with Crippen molar-refractivity contribution in [3.8, 4) is 11.5 Å². The van der Waals surface area contributed by atoms with Crippen LogP contribution in [0.5, 0.6) is 11.5 Å². The van der Waals surface area contributed by atoms with E-state index >= 15 is 0 Å². The maximum Gasteiger partial charge on any atom is 0.151 e. The molecule has 3 nitrogen and oxygen atoms in total. The van der Waals surface area contributed by atoms with Gasteiger partial charge in [0.05, 0.1) is 11.4 Å². The number of H-pyrrole nitrogens is 1. The summed E-state index contributed by atoms with van der Waals surface area (Å²) in [6.45, 7) is 2.14. The first kappa shape index (κ1) is 11.7. The number of para-hydroxylation sites is 2. The summed E-state index contributed by atoms with van der Waals surface area (Å²) in [5.74, 6) is 1.74. The molecule has 106 valence electrons. The van der Waals surface area contributed by atoms with Crippen molar-refractivity contribution in [1.82, 2.24) is 4.98 Å². The van der Waals surface area contributed by atoms with Crippen molar-refractivity contribution in [2.75, 3.05) is 5.32 Å². The standard InChI is InChI=1S/C19H14N2O/c1-11-5-4-7-14-19(11)12-9-18-16(10-15(12)21-14)20-13-6-2-3-8-17(13)22-18/h2-10,20-21H,1H3. The Bertz CT molecular complexity index is 1050. The molecule has 0 bridgehead atoms. The lowest BCUT2D eigenvalue weighted by molar-refractivity contribution is 0.482. The van der Waals surface area contributed by atoms with Gasteiger partial charge in [-0.3, -0.25) is 0 Å². The summed E-state index contributed by atoms with van der Waals surface area (Å²) in [6, 6.07) is 18.6. The summed E-state index contributed by atoms with van der Waals surface area (Å²) in [5, 5.41) is 5.91. The third kappa shape index (κ3) is 1.51. The van der Waals surface area contributed by atoms with Gasteiger partial charge in [-0.15, -0.1) is 0 Å². The SMILES string of the molecule is Cc1cccc2[nH]c3cc4c(cc3c12)Oc1ccccc1N4. The number of hydrogen-bond acceptors (Lipinski definition) is 2. The Kier molecular flexibility index (Phi) is 2.15. The number of rotatable bonds is 0. The molecule has 1 aliphatic rings. The minimum absolute atomic E-state index is 0.867. The van der Waals surface area contributed by atoms with Crippen LogP contribution >= 0.6 is 0 Å². The maximum absolute atomic E-state index is 6.07. The van der Waals surface area contributed by atoms with Crippen molar-refractivity contribution < 1.29 is 4.74 Å². The molecule has 22 heavy (non-hydrogen) atoms. The van der Waals surface area contributed by atoms with Gasteiger partial charge in [-0.25, -0.2) is 0 Å². The van der Waals surface area contributed by atoms with E-state index in [0.29, 0.717) is 0 Å². The second-order valence-electron chi connectivity index (χ2n) is 5.74. The van der Waals surface area contributed by atoms with E-state index in [1.54, 1.807) is 0 Å². The van der Waals surface area contributed by atoms with Crippen LogP contribution in [0.1, 0.15) is 5.56 Å². The molecule has 2 N–H and O–H groups in total. The summed E-state index contributed by atoms with van der Waals surface area (Å²) in [7, 11) is 0. The molecule has 1 aliphatic heterocycles. The van der Waals surface area contributed by atoms with E-state index in [4.69, 9.17) is 4.74 Å². The zero-order valence-corrected chi connectivity index (χ0v) is 12.1.